The molecule has 1 N–H and O–H groups in total. The zero-order valence-electron chi connectivity index (χ0n) is 5.96. The highest BCUT2D eigenvalue weighted by atomic mass is 16.5. The largest absolute Gasteiger partial charge is 0.425 e. The van der Waals surface area contributed by atoms with Crippen LogP contribution in [0.3, 0.4) is 0 Å². The van der Waals surface area contributed by atoms with Crippen molar-refractivity contribution in [3.63, 3.8) is 0 Å². The Balaban J connectivity index is 2.82. The molecule has 0 aliphatic rings. The molecule has 0 aromatic carbocycles. The van der Waals surface area contributed by atoms with Crippen molar-refractivity contribution in [1.82, 2.24) is 4.98 Å². The molecule has 0 aliphatic carbocycles. The Morgan fingerprint density at radius 2 is 2.27 bits per heavy atom. The first kappa shape index (κ1) is 7.53. The standard InChI is InChI=1S/C7H7NO3/c1-5(9)11-6-2-3-7(10)8-4-6/h2-4H,1H3,(H,8,10). The number of H-pyrrole nitrogens is 1. The van der Waals surface area contributed by atoms with Gasteiger partial charge in [0.05, 0.1) is 0 Å². The van der Waals surface area contributed by atoms with Gasteiger partial charge < -0.3 is 9.72 Å². The molecule has 0 saturated heterocycles. The highest BCUT2D eigenvalue weighted by molar-refractivity contribution is 5.69. The summed E-state index contributed by atoms with van der Waals surface area (Å²) in [7, 11) is 0. The lowest BCUT2D eigenvalue weighted by atomic mass is 10.4. The van der Waals surface area contributed by atoms with Gasteiger partial charge in [0, 0.05) is 19.2 Å². The minimum Gasteiger partial charge on any atom is -0.425 e. The van der Waals surface area contributed by atoms with Gasteiger partial charge in [0.15, 0.2) is 0 Å². The zero-order chi connectivity index (χ0) is 8.27. The van der Waals surface area contributed by atoms with Gasteiger partial charge in [-0.25, -0.2) is 0 Å². The topological polar surface area (TPSA) is 59.2 Å². The summed E-state index contributed by atoms with van der Waals surface area (Å²) in [6.07, 6.45) is 1.34. The second-order valence-corrected chi connectivity index (χ2v) is 1.98. The molecule has 58 valence electrons. The second kappa shape index (κ2) is 3.01. The Hall–Kier alpha value is -1.58. The third-order valence-corrected chi connectivity index (χ3v) is 1.02. The number of aromatic nitrogens is 1. The van der Waals surface area contributed by atoms with Crippen molar-refractivity contribution in [2.75, 3.05) is 0 Å². The van der Waals surface area contributed by atoms with Crippen molar-refractivity contribution in [1.29, 1.82) is 0 Å². The van der Waals surface area contributed by atoms with E-state index >= 15 is 0 Å². The summed E-state index contributed by atoms with van der Waals surface area (Å²) in [6, 6.07) is 2.72. The van der Waals surface area contributed by atoms with Crippen molar-refractivity contribution in [2.24, 2.45) is 0 Å². The van der Waals surface area contributed by atoms with Crippen molar-refractivity contribution in [3.8, 4) is 5.75 Å². The van der Waals surface area contributed by atoms with Gasteiger partial charge >= 0.3 is 5.97 Å². The maximum absolute atomic E-state index is 10.5. The molecule has 0 atom stereocenters. The van der Waals surface area contributed by atoms with Crippen molar-refractivity contribution in [2.45, 2.75) is 6.92 Å². The zero-order valence-corrected chi connectivity index (χ0v) is 5.96. The van der Waals surface area contributed by atoms with Gasteiger partial charge in [-0.1, -0.05) is 0 Å². The van der Waals surface area contributed by atoms with Crippen LogP contribution in [0.4, 0.5) is 0 Å². The van der Waals surface area contributed by atoms with Crippen LogP contribution in [-0.2, 0) is 4.79 Å². The summed E-state index contributed by atoms with van der Waals surface area (Å²) in [5.74, 6) is -0.0610. The minimum absolute atomic E-state index is 0.221. The summed E-state index contributed by atoms with van der Waals surface area (Å²) in [5.41, 5.74) is -0.221. The number of rotatable bonds is 1. The normalized spacial score (nSPS) is 9.18. The molecule has 1 aromatic rings. The monoisotopic (exact) mass is 153 g/mol. The van der Waals surface area contributed by atoms with E-state index in [-0.39, 0.29) is 5.56 Å². The Bertz CT molecular complexity index is 295. The van der Waals surface area contributed by atoms with Crippen LogP contribution in [0.25, 0.3) is 0 Å². The fraction of sp³-hybridized carbons (Fsp3) is 0.143. The summed E-state index contributed by atoms with van der Waals surface area (Å²) in [4.78, 5) is 23.3. The first-order valence-electron chi connectivity index (χ1n) is 3.05. The molecule has 4 heteroatoms. The molecule has 0 fully saturated rings. The Kier molecular flexibility index (Phi) is 2.06. The number of carbonyl (C=O) groups is 1. The first-order valence-corrected chi connectivity index (χ1v) is 3.05. The molecule has 11 heavy (non-hydrogen) atoms. The van der Waals surface area contributed by atoms with Crippen LogP contribution in [0.2, 0.25) is 0 Å². The Morgan fingerprint density at radius 3 is 2.73 bits per heavy atom. The average molecular weight is 153 g/mol. The summed E-state index contributed by atoms with van der Waals surface area (Å²) in [6.45, 7) is 1.30. The molecule has 0 bridgehead atoms. The lowest BCUT2D eigenvalue weighted by molar-refractivity contribution is -0.131. The molecular formula is C7H7NO3. The van der Waals surface area contributed by atoms with E-state index in [0.29, 0.717) is 5.75 Å². The highest BCUT2D eigenvalue weighted by Gasteiger charge is 1.95. The summed E-state index contributed by atoms with van der Waals surface area (Å²) in [5, 5.41) is 0. The van der Waals surface area contributed by atoms with E-state index in [9.17, 15) is 9.59 Å². The van der Waals surface area contributed by atoms with Gasteiger partial charge in [-0.2, -0.15) is 0 Å². The number of nitrogens with one attached hydrogen (secondary N) is 1. The molecular weight excluding hydrogens is 146 g/mol. The fourth-order valence-corrected chi connectivity index (χ4v) is 0.626. The van der Waals surface area contributed by atoms with Crippen molar-refractivity contribution >= 4 is 5.97 Å². The fourth-order valence-electron chi connectivity index (χ4n) is 0.626. The van der Waals surface area contributed by atoms with Crippen molar-refractivity contribution in [3.05, 3.63) is 28.7 Å². The number of hydrogen-bond donors (Lipinski definition) is 1. The second-order valence-electron chi connectivity index (χ2n) is 1.98. The molecule has 0 spiro atoms. The molecule has 0 amide bonds. The van der Waals surface area contributed by atoms with Gasteiger partial charge in [0.1, 0.15) is 5.75 Å². The van der Waals surface area contributed by atoms with E-state index in [1.165, 1.54) is 25.3 Å². The molecule has 0 radical (unpaired) electrons. The predicted octanol–water partition coefficient (Wildman–Crippen LogP) is 0.300. The van der Waals surface area contributed by atoms with Crippen LogP contribution in [0.15, 0.2) is 23.1 Å². The highest BCUT2D eigenvalue weighted by Crippen LogP contribution is 2.03. The van der Waals surface area contributed by atoms with Crippen LogP contribution in [0, 0.1) is 0 Å². The van der Waals surface area contributed by atoms with Crippen molar-refractivity contribution < 1.29 is 9.53 Å². The molecule has 4 nitrogen and oxygen atoms in total. The van der Waals surface area contributed by atoms with E-state index in [4.69, 9.17) is 0 Å². The smallest absolute Gasteiger partial charge is 0.308 e. The maximum Gasteiger partial charge on any atom is 0.308 e. The first-order chi connectivity index (χ1) is 5.18. The SMILES string of the molecule is CC(=O)Oc1ccc(=O)[nH]c1. The van der Waals surface area contributed by atoms with Crippen LogP contribution in [0.1, 0.15) is 6.92 Å². The number of ether oxygens (including phenoxy) is 1. The number of aromatic amines is 1. The maximum atomic E-state index is 10.5. The molecule has 1 rings (SSSR count). The Morgan fingerprint density at radius 1 is 1.55 bits per heavy atom. The molecule has 0 saturated carbocycles. The third-order valence-electron chi connectivity index (χ3n) is 1.02. The van der Waals surface area contributed by atoms with E-state index in [1.54, 1.807) is 0 Å². The van der Waals surface area contributed by atoms with E-state index in [0.717, 1.165) is 0 Å². The van der Waals surface area contributed by atoms with Crippen LogP contribution >= 0.6 is 0 Å². The van der Waals surface area contributed by atoms with Crippen LogP contribution in [-0.4, -0.2) is 11.0 Å². The molecule has 0 unspecified atom stereocenters. The molecule has 1 heterocycles. The molecule has 0 aliphatic heterocycles. The van der Waals surface area contributed by atoms with Gasteiger partial charge in [0.25, 0.3) is 0 Å². The van der Waals surface area contributed by atoms with Crippen LogP contribution in [0.5, 0.6) is 5.75 Å². The van der Waals surface area contributed by atoms with E-state index in [2.05, 4.69) is 9.72 Å². The number of esters is 1. The molecule has 1 aromatic heterocycles. The van der Waals surface area contributed by atoms with Gasteiger partial charge in [-0.05, 0) is 6.07 Å². The third kappa shape index (κ3) is 2.25. The van der Waals surface area contributed by atoms with Gasteiger partial charge in [0.2, 0.25) is 5.56 Å². The predicted molar refractivity (Wildman–Crippen MR) is 38.4 cm³/mol. The Labute approximate surface area is 62.8 Å². The van der Waals surface area contributed by atoms with E-state index < -0.39 is 5.97 Å². The number of pyridine rings is 1. The van der Waals surface area contributed by atoms with Crippen LogP contribution < -0.4 is 10.3 Å². The minimum atomic E-state index is -0.406. The van der Waals surface area contributed by atoms with Gasteiger partial charge in [-0.3, -0.25) is 9.59 Å². The summed E-state index contributed by atoms with van der Waals surface area (Å²) >= 11 is 0. The lowest BCUT2D eigenvalue weighted by Gasteiger charge is -1.97. The van der Waals surface area contributed by atoms with Gasteiger partial charge in [-0.15, -0.1) is 0 Å². The number of hydrogen-bond acceptors (Lipinski definition) is 3. The summed E-state index contributed by atoms with van der Waals surface area (Å²) < 4.78 is 4.66. The lowest BCUT2D eigenvalue weighted by Crippen LogP contribution is -2.06. The quantitative estimate of drug-likeness (QED) is 0.590. The number of carbonyl (C=O) groups excluding carboxylic acids is 1. The van der Waals surface area contributed by atoms with E-state index in [1.807, 2.05) is 0 Å². The average Bonchev–Trinajstić information content (AvgIpc) is 1.93.